The van der Waals surface area contributed by atoms with Gasteiger partial charge in [-0.25, -0.2) is 9.98 Å². The van der Waals surface area contributed by atoms with Gasteiger partial charge in [-0.15, -0.1) is 68.0 Å². The highest BCUT2D eigenvalue weighted by Crippen LogP contribution is 2.54. The molecular weight excluding hydrogens is 665 g/mol. The number of hydrogen-bond donors (Lipinski definition) is 0. The Balaban J connectivity index is 1.22. The minimum Gasteiger partial charge on any atom is -0.341 e. The van der Waals surface area contributed by atoms with Gasteiger partial charge in [-0.2, -0.15) is 21.0 Å². The van der Waals surface area contributed by atoms with Crippen molar-refractivity contribution < 1.29 is 0 Å². The van der Waals surface area contributed by atoms with Gasteiger partial charge in [0.15, 0.2) is 0 Å². The van der Waals surface area contributed by atoms with Crippen molar-refractivity contribution in [1.82, 2.24) is 9.13 Å². The van der Waals surface area contributed by atoms with Crippen LogP contribution in [0.25, 0.3) is 69.8 Å². The summed E-state index contributed by atoms with van der Waals surface area (Å²) >= 11 is 10.2. The molecule has 0 bridgehead atoms. The number of fused-ring (bicyclic) bond motifs is 9. The summed E-state index contributed by atoms with van der Waals surface area (Å²) < 4.78 is 12.3. The lowest BCUT2D eigenvalue weighted by Gasteiger charge is -1.95. The summed E-state index contributed by atoms with van der Waals surface area (Å²) in [5, 5.41) is 37.5. The van der Waals surface area contributed by atoms with Crippen molar-refractivity contribution in [3.05, 3.63) is 36.4 Å². The molecule has 0 aliphatic carbocycles. The van der Waals surface area contributed by atoms with Crippen LogP contribution in [0.5, 0.6) is 0 Å². The second-order valence-electron chi connectivity index (χ2n) is 9.63. The highest BCUT2D eigenvalue weighted by Gasteiger charge is 2.25. The summed E-state index contributed by atoms with van der Waals surface area (Å²) in [4.78, 5) is 12.7. The van der Waals surface area contributed by atoms with Gasteiger partial charge < -0.3 is 9.13 Å². The maximum absolute atomic E-state index is 9.04. The molecular formula is C30H12N8S6. The van der Waals surface area contributed by atoms with E-state index in [1.807, 2.05) is 71.2 Å². The van der Waals surface area contributed by atoms with Crippen LogP contribution in [-0.2, 0) is 14.1 Å². The quantitative estimate of drug-likeness (QED) is 0.172. The van der Waals surface area contributed by atoms with Crippen LogP contribution in [0.1, 0.15) is 0 Å². The average Bonchev–Trinajstić information content (AvgIpc) is 3.86. The van der Waals surface area contributed by atoms with E-state index in [-0.39, 0.29) is 11.4 Å². The van der Waals surface area contributed by atoms with E-state index >= 15 is 0 Å². The number of aromatic nitrogens is 2. The molecule has 0 aliphatic heterocycles. The molecule has 208 valence electrons. The Hall–Kier alpha value is -4.64. The molecule has 44 heavy (non-hydrogen) atoms. The van der Waals surface area contributed by atoms with Gasteiger partial charge in [0.25, 0.3) is 0 Å². The van der Waals surface area contributed by atoms with Gasteiger partial charge in [0.1, 0.15) is 34.3 Å². The fraction of sp³-hybridized carbons (Fsp3) is 0.0667. The van der Waals surface area contributed by atoms with Crippen LogP contribution in [0, 0.1) is 45.3 Å². The first kappa shape index (κ1) is 26.9. The molecule has 0 spiro atoms. The topological polar surface area (TPSA) is 130 Å². The van der Waals surface area contributed by atoms with Gasteiger partial charge in [-0.1, -0.05) is 0 Å². The predicted molar refractivity (Wildman–Crippen MR) is 187 cm³/mol. The second kappa shape index (κ2) is 9.95. The Bertz CT molecular complexity index is 2520. The minimum absolute atomic E-state index is 0.143. The number of aryl methyl sites for hydroxylation is 2. The van der Waals surface area contributed by atoms with Crippen LogP contribution < -0.4 is 0 Å². The molecule has 0 saturated heterocycles. The molecule has 8 heterocycles. The lowest BCUT2D eigenvalue weighted by Crippen LogP contribution is -1.85. The molecule has 14 heteroatoms. The number of thiophene rings is 6. The Morgan fingerprint density at radius 3 is 1.30 bits per heavy atom. The van der Waals surface area contributed by atoms with Crippen molar-refractivity contribution >= 4 is 140 Å². The standard InChI is InChI=1S/C30H12N8S6/c1-37-15-7-19(17-3-5-21(39-17)35-13(9-31)10-32)41-25(15)27-23(37)29-30(43-27)24-28(44-29)26-16(38(24)2)8-20(42-26)18-4-6-22(40-18)36-14(11-33)12-34/h3-8H,1-2H3. The molecule has 8 aromatic rings. The maximum atomic E-state index is 9.04. The van der Waals surface area contributed by atoms with Crippen LogP contribution in [0.4, 0.5) is 10.0 Å². The third-order valence-electron chi connectivity index (χ3n) is 7.24. The third-order valence-corrected chi connectivity index (χ3v) is 14.7. The van der Waals surface area contributed by atoms with E-state index in [4.69, 9.17) is 21.0 Å². The van der Waals surface area contributed by atoms with Gasteiger partial charge in [0.2, 0.25) is 11.4 Å². The SMILES string of the molecule is Cn1c2cc(-c3ccc(N=C(C#N)C#N)s3)sc2c2sc3c(sc4c5sc(-c6ccc(N=C(C#N)C#N)s6)cc5n(C)c43)c21. The number of hydrogen-bond acceptors (Lipinski definition) is 12. The van der Waals surface area contributed by atoms with Crippen molar-refractivity contribution in [3.63, 3.8) is 0 Å². The summed E-state index contributed by atoms with van der Waals surface area (Å²) in [5.41, 5.74) is 4.62. The lowest BCUT2D eigenvalue weighted by atomic mass is 10.3. The lowest BCUT2D eigenvalue weighted by molar-refractivity contribution is 1.02. The van der Waals surface area contributed by atoms with E-state index < -0.39 is 0 Å². The predicted octanol–water partition coefficient (Wildman–Crippen LogP) is 10.1. The Kier molecular flexibility index (Phi) is 6.09. The number of nitriles is 4. The smallest absolute Gasteiger partial charge is 0.219 e. The molecule has 0 radical (unpaired) electrons. The summed E-state index contributed by atoms with van der Waals surface area (Å²) in [6, 6.07) is 19.4. The highest BCUT2D eigenvalue weighted by molar-refractivity contribution is 7.40. The van der Waals surface area contributed by atoms with Crippen LogP contribution in [0.2, 0.25) is 0 Å². The molecule has 0 amide bonds. The van der Waals surface area contributed by atoms with Crippen molar-refractivity contribution in [2.75, 3.05) is 0 Å². The Morgan fingerprint density at radius 2 is 0.909 bits per heavy atom. The molecule has 8 rings (SSSR count). The first-order valence-electron chi connectivity index (χ1n) is 12.8. The molecule has 0 fully saturated rings. The average molecular weight is 677 g/mol. The van der Waals surface area contributed by atoms with Crippen molar-refractivity contribution in [1.29, 1.82) is 21.0 Å². The summed E-state index contributed by atoms with van der Waals surface area (Å²) in [6.07, 6.45) is 0. The van der Waals surface area contributed by atoms with E-state index in [0.29, 0.717) is 10.0 Å². The van der Waals surface area contributed by atoms with Gasteiger partial charge in [-0.3, -0.25) is 0 Å². The summed E-state index contributed by atoms with van der Waals surface area (Å²) in [6.45, 7) is 0. The number of nitrogens with zero attached hydrogens (tertiary/aromatic N) is 8. The molecule has 8 nitrogen and oxygen atoms in total. The van der Waals surface area contributed by atoms with Crippen molar-refractivity contribution in [3.8, 4) is 43.8 Å². The zero-order valence-corrected chi connectivity index (χ0v) is 27.4. The normalized spacial score (nSPS) is 11.3. The fourth-order valence-corrected chi connectivity index (χ4v) is 12.9. The molecule has 0 aromatic carbocycles. The third kappa shape index (κ3) is 3.84. The first-order valence-corrected chi connectivity index (χ1v) is 17.7. The Labute approximate surface area is 272 Å². The molecule has 8 aromatic heterocycles. The number of aliphatic imine (C=N–C) groups is 2. The van der Waals surface area contributed by atoms with Crippen LogP contribution >= 0.6 is 68.0 Å². The molecule has 0 atom stereocenters. The Morgan fingerprint density at radius 1 is 0.523 bits per heavy atom. The van der Waals surface area contributed by atoms with E-state index in [1.165, 1.54) is 72.9 Å². The summed E-state index contributed by atoms with van der Waals surface area (Å²) in [7, 11) is 4.27. The molecule has 0 unspecified atom stereocenters. The number of rotatable bonds is 4. The first-order chi connectivity index (χ1) is 21.4. The molecule has 0 saturated carbocycles. The van der Waals surface area contributed by atoms with E-state index in [2.05, 4.69) is 45.3 Å². The van der Waals surface area contributed by atoms with E-state index in [1.54, 1.807) is 22.7 Å². The minimum atomic E-state index is -0.143. The zero-order valence-electron chi connectivity index (χ0n) is 22.5. The zero-order chi connectivity index (χ0) is 30.3. The molecule has 0 N–H and O–H groups in total. The monoisotopic (exact) mass is 676 g/mol. The van der Waals surface area contributed by atoms with Gasteiger partial charge in [0.05, 0.1) is 50.3 Å². The fourth-order valence-electron chi connectivity index (χ4n) is 5.31. The van der Waals surface area contributed by atoms with Gasteiger partial charge >= 0.3 is 0 Å². The van der Waals surface area contributed by atoms with Crippen LogP contribution in [0.15, 0.2) is 46.4 Å². The molecule has 0 aliphatic rings. The van der Waals surface area contributed by atoms with E-state index in [9.17, 15) is 0 Å². The maximum Gasteiger partial charge on any atom is 0.219 e. The van der Waals surface area contributed by atoms with E-state index in [0.717, 1.165) is 19.5 Å². The van der Waals surface area contributed by atoms with Gasteiger partial charge in [0, 0.05) is 33.6 Å². The highest BCUT2D eigenvalue weighted by atomic mass is 32.1. The van der Waals surface area contributed by atoms with Gasteiger partial charge in [-0.05, 0) is 36.4 Å². The largest absolute Gasteiger partial charge is 0.341 e. The second-order valence-corrected chi connectivity index (χ2v) is 15.9. The van der Waals surface area contributed by atoms with Crippen molar-refractivity contribution in [2.24, 2.45) is 24.1 Å². The van der Waals surface area contributed by atoms with Crippen molar-refractivity contribution in [2.45, 2.75) is 0 Å². The van der Waals surface area contributed by atoms with Crippen LogP contribution in [-0.4, -0.2) is 20.6 Å². The summed E-state index contributed by atoms with van der Waals surface area (Å²) in [5.74, 6) is 0. The van der Waals surface area contributed by atoms with Crippen LogP contribution in [0.3, 0.4) is 0 Å².